The summed E-state index contributed by atoms with van der Waals surface area (Å²) in [6.07, 6.45) is 2.66. The number of benzene rings is 1. The minimum Gasteiger partial charge on any atom is -0.353 e. The quantitative estimate of drug-likeness (QED) is 0.624. The fourth-order valence-electron chi connectivity index (χ4n) is 3.60. The van der Waals surface area contributed by atoms with E-state index < -0.39 is 0 Å². The van der Waals surface area contributed by atoms with E-state index in [2.05, 4.69) is 30.2 Å². The molecule has 3 aromatic rings. The fourth-order valence-corrected chi connectivity index (χ4v) is 3.60. The van der Waals surface area contributed by atoms with Crippen LogP contribution in [0, 0.1) is 6.92 Å². The first kappa shape index (κ1) is 18.2. The number of nitrogens with one attached hydrogen (secondary N) is 3. The van der Waals surface area contributed by atoms with Gasteiger partial charge in [-0.25, -0.2) is 9.97 Å². The molecule has 146 valence electrons. The molecule has 3 heterocycles. The number of hydrogen-bond acceptors (Lipinski definition) is 5. The Morgan fingerprint density at radius 1 is 1.21 bits per heavy atom. The molecule has 0 aliphatic carbocycles. The molecule has 0 saturated carbocycles. The van der Waals surface area contributed by atoms with Crippen molar-refractivity contribution in [3.05, 3.63) is 52.2 Å². The minimum atomic E-state index is -0.136. The lowest BCUT2D eigenvalue weighted by atomic mass is 10.0. The number of carbonyl (C=O) groups is 1. The third kappa shape index (κ3) is 4.21. The highest BCUT2D eigenvalue weighted by Crippen LogP contribution is 2.16. The first-order valence-corrected chi connectivity index (χ1v) is 9.63. The smallest absolute Gasteiger partial charge is 0.252 e. The van der Waals surface area contributed by atoms with E-state index in [-0.39, 0.29) is 17.5 Å². The average Bonchev–Trinajstić information content (AvgIpc) is 3.09. The van der Waals surface area contributed by atoms with Crippen LogP contribution in [0.4, 0.5) is 5.95 Å². The highest BCUT2D eigenvalue weighted by atomic mass is 16.1. The predicted octanol–water partition coefficient (Wildman–Crippen LogP) is 1.67. The molecule has 1 amide bonds. The normalized spacial score (nSPS) is 15.1. The summed E-state index contributed by atoms with van der Waals surface area (Å²) in [7, 11) is 0. The van der Waals surface area contributed by atoms with Gasteiger partial charge in [0.15, 0.2) is 0 Å². The van der Waals surface area contributed by atoms with Crippen LogP contribution in [0.5, 0.6) is 0 Å². The SMILES string of the molecule is Cc1cc(=O)[nH]c(N2CCC(NC(=O)CCc3nc4ccccc4[nH]3)CC2)n1. The number of fused-ring (bicyclic) bond motifs is 1. The van der Waals surface area contributed by atoms with Gasteiger partial charge in [0, 0.05) is 43.7 Å². The zero-order valence-electron chi connectivity index (χ0n) is 15.9. The van der Waals surface area contributed by atoms with Crippen LogP contribution in [-0.4, -0.2) is 45.0 Å². The number of rotatable bonds is 5. The van der Waals surface area contributed by atoms with Crippen molar-refractivity contribution in [2.45, 2.75) is 38.6 Å². The Morgan fingerprint density at radius 2 is 2.00 bits per heavy atom. The standard InChI is InChI=1S/C20H24N6O2/c1-13-12-19(28)25-20(21-13)26-10-8-14(9-11-26)22-18(27)7-6-17-23-15-4-2-3-5-16(15)24-17/h2-5,12,14H,6-11H2,1H3,(H,22,27)(H,23,24)(H,21,25,28). The second kappa shape index (κ2) is 7.84. The van der Waals surface area contributed by atoms with Gasteiger partial charge in [-0.1, -0.05) is 12.1 Å². The molecule has 1 aliphatic heterocycles. The first-order chi connectivity index (χ1) is 13.6. The highest BCUT2D eigenvalue weighted by Gasteiger charge is 2.22. The van der Waals surface area contributed by atoms with Gasteiger partial charge in [0.05, 0.1) is 11.0 Å². The second-order valence-electron chi connectivity index (χ2n) is 7.24. The maximum Gasteiger partial charge on any atom is 0.252 e. The molecule has 8 nitrogen and oxygen atoms in total. The van der Waals surface area contributed by atoms with Gasteiger partial charge in [0.2, 0.25) is 11.9 Å². The Balaban J connectivity index is 1.26. The Bertz CT molecular complexity index is 999. The number of hydrogen-bond donors (Lipinski definition) is 3. The summed E-state index contributed by atoms with van der Waals surface area (Å²) >= 11 is 0. The van der Waals surface area contributed by atoms with Crippen molar-refractivity contribution in [2.75, 3.05) is 18.0 Å². The molecule has 0 atom stereocenters. The molecule has 0 unspecified atom stereocenters. The molecule has 28 heavy (non-hydrogen) atoms. The van der Waals surface area contributed by atoms with E-state index in [1.54, 1.807) is 0 Å². The Kier molecular flexibility index (Phi) is 5.10. The number of carbonyl (C=O) groups excluding carboxylic acids is 1. The van der Waals surface area contributed by atoms with Gasteiger partial charge in [-0.05, 0) is 31.9 Å². The number of anilines is 1. The molecule has 1 aliphatic rings. The lowest BCUT2D eigenvalue weighted by Crippen LogP contribution is -2.45. The van der Waals surface area contributed by atoms with Crippen molar-refractivity contribution < 1.29 is 4.79 Å². The lowest BCUT2D eigenvalue weighted by molar-refractivity contribution is -0.121. The molecule has 1 aromatic carbocycles. The number of imidazole rings is 1. The van der Waals surface area contributed by atoms with E-state index in [4.69, 9.17) is 0 Å². The molecular weight excluding hydrogens is 356 g/mol. The third-order valence-electron chi connectivity index (χ3n) is 5.04. The average molecular weight is 380 g/mol. The van der Waals surface area contributed by atoms with Crippen molar-refractivity contribution >= 4 is 22.9 Å². The zero-order valence-corrected chi connectivity index (χ0v) is 15.9. The van der Waals surface area contributed by atoms with E-state index in [1.807, 2.05) is 31.2 Å². The topological polar surface area (TPSA) is 107 Å². The number of amides is 1. The second-order valence-corrected chi connectivity index (χ2v) is 7.24. The number of aromatic amines is 2. The van der Waals surface area contributed by atoms with Crippen LogP contribution in [-0.2, 0) is 11.2 Å². The summed E-state index contributed by atoms with van der Waals surface area (Å²) < 4.78 is 0. The summed E-state index contributed by atoms with van der Waals surface area (Å²) in [5, 5.41) is 3.12. The van der Waals surface area contributed by atoms with Crippen LogP contribution in [0.15, 0.2) is 35.1 Å². The summed E-state index contributed by atoms with van der Waals surface area (Å²) in [5.74, 6) is 1.49. The number of piperidine rings is 1. The number of para-hydroxylation sites is 2. The lowest BCUT2D eigenvalue weighted by Gasteiger charge is -2.32. The molecule has 2 aromatic heterocycles. The summed E-state index contributed by atoms with van der Waals surface area (Å²) in [4.78, 5) is 40.9. The zero-order chi connectivity index (χ0) is 19.5. The first-order valence-electron chi connectivity index (χ1n) is 9.63. The van der Waals surface area contributed by atoms with Crippen LogP contribution in [0.25, 0.3) is 11.0 Å². The van der Waals surface area contributed by atoms with E-state index >= 15 is 0 Å². The summed E-state index contributed by atoms with van der Waals surface area (Å²) in [5.41, 5.74) is 2.49. The van der Waals surface area contributed by atoms with E-state index in [0.29, 0.717) is 24.5 Å². The summed E-state index contributed by atoms with van der Waals surface area (Å²) in [6.45, 7) is 3.32. The number of nitrogens with zero attached hydrogens (tertiary/aromatic N) is 3. The number of H-pyrrole nitrogens is 2. The van der Waals surface area contributed by atoms with Crippen molar-refractivity contribution in [1.29, 1.82) is 0 Å². The van der Waals surface area contributed by atoms with Crippen LogP contribution >= 0.6 is 0 Å². The molecule has 8 heteroatoms. The largest absolute Gasteiger partial charge is 0.353 e. The van der Waals surface area contributed by atoms with Crippen LogP contribution in [0.2, 0.25) is 0 Å². The Labute approximate surface area is 162 Å². The van der Waals surface area contributed by atoms with E-state index in [9.17, 15) is 9.59 Å². The molecular formula is C20H24N6O2. The van der Waals surface area contributed by atoms with Crippen molar-refractivity contribution in [3.63, 3.8) is 0 Å². The fraction of sp³-hybridized carbons (Fsp3) is 0.400. The number of aryl methyl sites for hydroxylation is 2. The molecule has 4 rings (SSSR count). The van der Waals surface area contributed by atoms with E-state index in [1.165, 1.54) is 6.07 Å². The molecule has 1 saturated heterocycles. The summed E-state index contributed by atoms with van der Waals surface area (Å²) in [6, 6.07) is 9.49. The van der Waals surface area contributed by atoms with Gasteiger partial charge in [0.25, 0.3) is 5.56 Å². The van der Waals surface area contributed by atoms with Gasteiger partial charge in [-0.3, -0.25) is 14.6 Å². The van der Waals surface area contributed by atoms with Gasteiger partial charge < -0.3 is 15.2 Å². The Hall–Kier alpha value is -3.16. The van der Waals surface area contributed by atoms with Gasteiger partial charge in [0.1, 0.15) is 5.82 Å². The van der Waals surface area contributed by atoms with Crippen molar-refractivity contribution in [2.24, 2.45) is 0 Å². The predicted molar refractivity (Wildman–Crippen MR) is 107 cm³/mol. The van der Waals surface area contributed by atoms with Gasteiger partial charge >= 0.3 is 0 Å². The maximum atomic E-state index is 12.3. The van der Waals surface area contributed by atoms with Crippen LogP contribution < -0.4 is 15.8 Å². The van der Waals surface area contributed by atoms with Crippen molar-refractivity contribution in [3.8, 4) is 0 Å². The third-order valence-corrected chi connectivity index (χ3v) is 5.04. The molecule has 0 bridgehead atoms. The minimum absolute atomic E-state index is 0.0426. The monoisotopic (exact) mass is 380 g/mol. The van der Waals surface area contributed by atoms with Gasteiger partial charge in [-0.15, -0.1) is 0 Å². The maximum absolute atomic E-state index is 12.3. The molecule has 3 N–H and O–H groups in total. The van der Waals surface area contributed by atoms with Crippen molar-refractivity contribution in [1.82, 2.24) is 25.3 Å². The highest BCUT2D eigenvalue weighted by molar-refractivity contribution is 5.77. The molecule has 0 spiro atoms. The van der Waals surface area contributed by atoms with Crippen LogP contribution in [0.3, 0.4) is 0 Å². The van der Waals surface area contributed by atoms with E-state index in [0.717, 1.165) is 42.8 Å². The Morgan fingerprint density at radius 3 is 2.75 bits per heavy atom. The molecule has 1 fully saturated rings. The van der Waals surface area contributed by atoms with Crippen LogP contribution in [0.1, 0.15) is 30.8 Å². The molecule has 0 radical (unpaired) electrons. The van der Waals surface area contributed by atoms with Gasteiger partial charge in [-0.2, -0.15) is 0 Å². The number of aromatic nitrogens is 4.